The molecule has 0 aliphatic carbocycles. The number of ether oxygens (including phenoxy) is 1. The van der Waals surface area contributed by atoms with Crippen molar-refractivity contribution in [3.8, 4) is 11.5 Å². The van der Waals surface area contributed by atoms with Gasteiger partial charge in [0, 0.05) is 24.2 Å². The predicted octanol–water partition coefficient (Wildman–Crippen LogP) is 5.29. The summed E-state index contributed by atoms with van der Waals surface area (Å²) in [7, 11) is 0. The molecule has 2 aromatic rings. The van der Waals surface area contributed by atoms with Crippen LogP contribution < -0.4 is 10.1 Å². The van der Waals surface area contributed by atoms with Crippen molar-refractivity contribution in [3.05, 3.63) is 53.1 Å². The lowest BCUT2D eigenvalue weighted by molar-refractivity contribution is 0.0696. The Bertz CT molecular complexity index is 899. The van der Waals surface area contributed by atoms with E-state index >= 15 is 0 Å². The first-order valence-electron chi connectivity index (χ1n) is 10.1. The van der Waals surface area contributed by atoms with Crippen LogP contribution in [-0.2, 0) is 0 Å². The normalized spacial score (nSPS) is 11.2. The number of benzene rings is 2. The van der Waals surface area contributed by atoms with Gasteiger partial charge in [-0.25, -0.2) is 4.79 Å². The van der Waals surface area contributed by atoms with Crippen LogP contribution in [0.2, 0.25) is 0 Å². The Labute approximate surface area is 177 Å². The minimum atomic E-state index is -0.947. The van der Waals surface area contributed by atoms with Crippen LogP contribution in [0.1, 0.15) is 66.3 Å². The summed E-state index contributed by atoms with van der Waals surface area (Å²) in [4.78, 5) is 23.4. The number of aromatic hydroxyl groups is 1. The van der Waals surface area contributed by atoms with E-state index in [9.17, 15) is 14.7 Å². The second-order valence-corrected chi connectivity index (χ2v) is 8.61. The third kappa shape index (κ3) is 6.79. The van der Waals surface area contributed by atoms with E-state index in [2.05, 4.69) is 5.32 Å². The zero-order valence-electron chi connectivity index (χ0n) is 18.1. The van der Waals surface area contributed by atoms with Gasteiger partial charge < -0.3 is 20.3 Å². The quantitative estimate of drug-likeness (QED) is 0.362. The van der Waals surface area contributed by atoms with Gasteiger partial charge in [-0.15, -0.1) is 0 Å². The summed E-state index contributed by atoms with van der Waals surface area (Å²) in [6, 6.07) is 10.1. The SMILES string of the molecule is Cc1c(OCCCCNc2cccc(C(=O)O)c2)ccc(C(=O)CC(C)(C)C)c1O. The monoisotopic (exact) mass is 413 g/mol. The van der Waals surface area contributed by atoms with Crippen molar-refractivity contribution in [2.45, 2.75) is 47.0 Å². The van der Waals surface area contributed by atoms with Crippen molar-refractivity contribution in [3.63, 3.8) is 0 Å². The number of unbranched alkanes of at least 4 members (excludes halogenated alkanes) is 1. The minimum Gasteiger partial charge on any atom is -0.507 e. The molecule has 2 rings (SSSR count). The largest absolute Gasteiger partial charge is 0.507 e. The summed E-state index contributed by atoms with van der Waals surface area (Å²) in [5.74, 6) is -0.465. The molecule has 6 heteroatoms. The summed E-state index contributed by atoms with van der Waals surface area (Å²) >= 11 is 0. The number of anilines is 1. The number of phenols is 1. The summed E-state index contributed by atoms with van der Waals surface area (Å²) in [6.07, 6.45) is 1.99. The third-order valence-corrected chi connectivity index (χ3v) is 4.64. The van der Waals surface area contributed by atoms with Crippen LogP contribution >= 0.6 is 0 Å². The molecule has 0 unspecified atom stereocenters. The van der Waals surface area contributed by atoms with Gasteiger partial charge in [0.15, 0.2) is 5.78 Å². The molecule has 162 valence electrons. The highest BCUT2D eigenvalue weighted by atomic mass is 16.5. The van der Waals surface area contributed by atoms with Crippen molar-refractivity contribution < 1.29 is 24.5 Å². The van der Waals surface area contributed by atoms with Crippen LogP contribution in [0, 0.1) is 12.3 Å². The van der Waals surface area contributed by atoms with E-state index in [4.69, 9.17) is 9.84 Å². The Balaban J connectivity index is 1.81. The number of carboxylic acid groups (broad SMARTS) is 1. The van der Waals surface area contributed by atoms with Crippen molar-refractivity contribution in [1.29, 1.82) is 0 Å². The summed E-state index contributed by atoms with van der Waals surface area (Å²) in [5.41, 5.74) is 1.78. The maximum Gasteiger partial charge on any atom is 0.335 e. The van der Waals surface area contributed by atoms with E-state index in [0.717, 1.165) is 18.5 Å². The standard InChI is InChI=1S/C24H31NO5/c1-16-21(11-10-19(22(16)27)20(26)15-24(2,3)4)30-13-6-5-12-25-18-9-7-8-17(14-18)23(28)29/h7-11,14,25,27H,5-6,12-13,15H2,1-4H3,(H,28,29). The van der Waals surface area contributed by atoms with Crippen LogP contribution in [0.5, 0.6) is 11.5 Å². The molecule has 0 atom stereocenters. The zero-order valence-corrected chi connectivity index (χ0v) is 18.1. The lowest BCUT2D eigenvalue weighted by Gasteiger charge is -2.18. The molecule has 2 aromatic carbocycles. The van der Waals surface area contributed by atoms with Crippen LogP contribution in [0.3, 0.4) is 0 Å². The van der Waals surface area contributed by atoms with Gasteiger partial charge in [0.05, 0.1) is 17.7 Å². The zero-order chi connectivity index (χ0) is 22.3. The van der Waals surface area contributed by atoms with Crippen LogP contribution in [0.25, 0.3) is 0 Å². The highest BCUT2D eigenvalue weighted by molar-refractivity contribution is 5.99. The number of carbonyl (C=O) groups excluding carboxylic acids is 1. The van der Waals surface area contributed by atoms with E-state index in [1.807, 2.05) is 26.8 Å². The minimum absolute atomic E-state index is 0.0123. The molecule has 0 aliphatic rings. The highest BCUT2D eigenvalue weighted by Crippen LogP contribution is 2.33. The van der Waals surface area contributed by atoms with Gasteiger partial charge in [-0.1, -0.05) is 26.8 Å². The van der Waals surface area contributed by atoms with Gasteiger partial charge >= 0.3 is 5.97 Å². The van der Waals surface area contributed by atoms with Gasteiger partial charge in [0.2, 0.25) is 0 Å². The Morgan fingerprint density at radius 3 is 2.50 bits per heavy atom. The third-order valence-electron chi connectivity index (χ3n) is 4.64. The van der Waals surface area contributed by atoms with E-state index in [1.54, 1.807) is 37.3 Å². The summed E-state index contributed by atoms with van der Waals surface area (Å²) in [5, 5.41) is 22.6. The molecular weight excluding hydrogens is 382 g/mol. The summed E-state index contributed by atoms with van der Waals surface area (Å²) in [6.45, 7) is 8.89. The van der Waals surface area contributed by atoms with Gasteiger partial charge in [-0.3, -0.25) is 4.79 Å². The number of aromatic carboxylic acids is 1. The number of Topliss-reactive ketones (excluding diaryl/α,β-unsaturated/α-hetero) is 1. The first kappa shape index (κ1) is 23.3. The average Bonchev–Trinajstić information content (AvgIpc) is 2.66. The molecule has 0 fully saturated rings. The number of phenolic OH excluding ortho intramolecular Hbond substituents is 1. The number of hydrogen-bond acceptors (Lipinski definition) is 5. The molecule has 0 saturated heterocycles. The second kappa shape index (κ2) is 10.1. The topological polar surface area (TPSA) is 95.9 Å². The Morgan fingerprint density at radius 1 is 1.10 bits per heavy atom. The van der Waals surface area contributed by atoms with E-state index in [0.29, 0.717) is 36.4 Å². The molecule has 0 aliphatic heterocycles. The first-order chi connectivity index (χ1) is 14.1. The lowest BCUT2D eigenvalue weighted by Crippen LogP contribution is -2.13. The molecule has 0 amide bonds. The van der Waals surface area contributed by atoms with Gasteiger partial charge in [0.25, 0.3) is 0 Å². The predicted molar refractivity (Wildman–Crippen MR) is 118 cm³/mol. The molecule has 30 heavy (non-hydrogen) atoms. The van der Waals surface area contributed by atoms with Crippen molar-refractivity contribution in [2.24, 2.45) is 5.41 Å². The molecule has 6 nitrogen and oxygen atoms in total. The number of nitrogens with one attached hydrogen (secondary N) is 1. The number of carbonyl (C=O) groups is 2. The number of carboxylic acids is 1. The molecule has 0 saturated carbocycles. The van der Waals surface area contributed by atoms with E-state index in [-0.39, 0.29) is 22.5 Å². The molecule has 0 spiro atoms. The highest BCUT2D eigenvalue weighted by Gasteiger charge is 2.21. The Hall–Kier alpha value is -3.02. The molecule has 0 heterocycles. The molecule has 0 bridgehead atoms. The fraction of sp³-hybridized carbons (Fsp3) is 0.417. The Morgan fingerprint density at radius 2 is 1.83 bits per heavy atom. The molecule has 0 aromatic heterocycles. The van der Waals surface area contributed by atoms with Crippen molar-refractivity contribution in [1.82, 2.24) is 0 Å². The van der Waals surface area contributed by atoms with E-state index in [1.165, 1.54) is 0 Å². The average molecular weight is 414 g/mol. The van der Waals surface area contributed by atoms with E-state index < -0.39 is 5.97 Å². The Kier molecular flexibility index (Phi) is 7.86. The van der Waals surface area contributed by atoms with Gasteiger partial charge in [-0.05, 0) is 55.5 Å². The van der Waals surface area contributed by atoms with Crippen LogP contribution in [-0.4, -0.2) is 35.1 Å². The lowest BCUT2D eigenvalue weighted by atomic mass is 9.87. The smallest absolute Gasteiger partial charge is 0.335 e. The fourth-order valence-electron chi connectivity index (χ4n) is 3.04. The van der Waals surface area contributed by atoms with Gasteiger partial charge in [0.1, 0.15) is 11.5 Å². The molecular formula is C24H31NO5. The maximum absolute atomic E-state index is 12.4. The second-order valence-electron chi connectivity index (χ2n) is 8.61. The number of hydrogen-bond donors (Lipinski definition) is 3. The van der Waals surface area contributed by atoms with Gasteiger partial charge in [-0.2, -0.15) is 0 Å². The van der Waals surface area contributed by atoms with Crippen molar-refractivity contribution >= 4 is 17.4 Å². The van der Waals surface area contributed by atoms with Crippen molar-refractivity contribution in [2.75, 3.05) is 18.5 Å². The first-order valence-corrected chi connectivity index (χ1v) is 10.1. The molecule has 0 radical (unpaired) electrons. The summed E-state index contributed by atoms with van der Waals surface area (Å²) < 4.78 is 5.78. The fourth-order valence-corrected chi connectivity index (χ4v) is 3.04. The molecule has 3 N–H and O–H groups in total. The van der Waals surface area contributed by atoms with Crippen LogP contribution in [0.4, 0.5) is 5.69 Å². The number of rotatable bonds is 10. The van der Waals surface area contributed by atoms with Crippen LogP contribution in [0.15, 0.2) is 36.4 Å². The number of ketones is 1. The maximum atomic E-state index is 12.4.